The molecule has 2 aromatic rings. The van der Waals surface area contributed by atoms with Crippen LogP contribution in [-0.2, 0) is 4.79 Å². The van der Waals surface area contributed by atoms with Gasteiger partial charge in [0.2, 0.25) is 0 Å². The second-order valence-electron chi connectivity index (χ2n) is 5.18. The van der Waals surface area contributed by atoms with E-state index in [2.05, 4.69) is 15.5 Å². The number of rotatable bonds is 4. The smallest absolute Gasteiger partial charge is 0.326 e. The number of fused-ring (bicyclic) bond motifs is 1. The molecule has 106 valence electrons. The number of nitrogens with zero attached hydrogens (tertiary/aromatic N) is 1. The average molecular weight is 275 g/mol. The Morgan fingerprint density at radius 1 is 1.35 bits per heavy atom. The first-order chi connectivity index (χ1) is 9.40. The standard InChI is InChI=1S/C14H17N3O3/c1-7(2)11(14(19)20)16-13(18)10-5-8(3)4-9-6-15-17-12(9)10/h4-7,11H,1-3H3,(H,15,17)(H,16,18)(H,19,20). The molecule has 0 aliphatic heterocycles. The van der Waals surface area contributed by atoms with Crippen LogP contribution in [0.3, 0.4) is 0 Å². The molecule has 0 saturated carbocycles. The van der Waals surface area contributed by atoms with Crippen molar-refractivity contribution in [2.24, 2.45) is 5.92 Å². The fourth-order valence-corrected chi connectivity index (χ4v) is 2.12. The monoisotopic (exact) mass is 275 g/mol. The van der Waals surface area contributed by atoms with Crippen LogP contribution in [0.25, 0.3) is 10.9 Å². The van der Waals surface area contributed by atoms with Gasteiger partial charge in [-0.25, -0.2) is 4.79 Å². The highest BCUT2D eigenvalue weighted by Gasteiger charge is 2.25. The Bertz CT molecular complexity index is 661. The van der Waals surface area contributed by atoms with Gasteiger partial charge >= 0.3 is 5.97 Å². The topological polar surface area (TPSA) is 95.1 Å². The molecule has 6 nitrogen and oxygen atoms in total. The van der Waals surface area contributed by atoms with Gasteiger partial charge in [-0.15, -0.1) is 0 Å². The van der Waals surface area contributed by atoms with Crippen LogP contribution in [0.15, 0.2) is 18.3 Å². The zero-order chi connectivity index (χ0) is 14.9. The highest BCUT2D eigenvalue weighted by atomic mass is 16.4. The third kappa shape index (κ3) is 2.64. The number of carbonyl (C=O) groups is 2. The molecule has 0 fully saturated rings. The van der Waals surface area contributed by atoms with Crippen molar-refractivity contribution < 1.29 is 14.7 Å². The number of H-pyrrole nitrogens is 1. The van der Waals surface area contributed by atoms with Crippen molar-refractivity contribution in [1.29, 1.82) is 0 Å². The van der Waals surface area contributed by atoms with E-state index in [0.29, 0.717) is 11.1 Å². The number of aliphatic carboxylic acids is 1. The Morgan fingerprint density at radius 3 is 2.65 bits per heavy atom. The molecule has 0 aliphatic rings. The first-order valence-electron chi connectivity index (χ1n) is 6.37. The van der Waals surface area contributed by atoms with Gasteiger partial charge in [-0.3, -0.25) is 9.89 Å². The van der Waals surface area contributed by atoms with Crippen molar-refractivity contribution in [2.45, 2.75) is 26.8 Å². The maximum Gasteiger partial charge on any atom is 0.326 e. The van der Waals surface area contributed by atoms with E-state index in [0.717, 1.165) is 10.9 Å². The molecule has 2 rings (SSSR count). The fraction of sp³-hybridized carbons (Fsp3) is 0.357. The van der Waals surface area contributed by atoms with Gasteiger partial charge in [0.1, 0.15) is 6.04 Å². The Balaban J connectivity index is 2.36. The number of benzene rings is 1. The number of hydrogen-bond donors (Lipinski definition) is 3. The SMILES string of the molecule is Cc1cc(C(=O)NC(C(=O)O)C(C)C)c2[nH]ncc2c1. The first-order valence-corrected chi connectivity index (χ1v) is 6.37. The van der Waals surface area contributed by atoms with Crippen molar-refractivity contribution >= 4 is 22.8 Å². The Morgan fingerprint density at radius 2 is 2.05 bits per heavy atom. The second kappa shape index (κ2) is 5.32. The number of aromatic nitrogens is 2. The third-order valence-electron chi connectivity index (χ3n) is 3.16. The maximum absolute atomic E-state index is 12.3. The van der Waals surface area contributed by atoms with Crippen molar-refractivity contribution in [3.05, 3.63) is 29.5 Å². The third-order valence-corrected chi connectivity index (χ3v) is 3.16. The van der Waals surface area contributed by atoms with E-state index in [1.54, 1.807) is 26.1 Å². The molecule has 0 radical (unpaired) electrons. The number of carbonyl (C=O) groups excluding carboxylic acids is 1. The summed E-state index contributed by atoms with van der Waals surface area (Å²) >= 11 is 0. The molecule has 1 amide bonds. The minimum absolute atomic E-state index is 0.196. The first kappa shape index (κ1) is 14.0. The number of nitrogens with one attached hydrogen (secondary N) is 2. The minimum atomic E-state index is -1.04. The molecule has 1 heterocycles. The quantitative estimate of drug-likeness (QED) is 0.791. The molecular formula is C14H17N3O3. The lowest BCUT2D eigenvalue weighted by molar-refractivity contribution is -0.140. The lowest BCUT2D eigenvalue weighted by atomic mass is 10.0. The summed E-state index contributed by atoms with van der Waals surface area (Å²) in [6, 6.07) is 2.71. The van der Waals surface area contributed by atoms with Crippen LogP contribution in [0.1, 0.15) is 29.8 Å². The highest BCUT2D eigenvalue weighted by Crippen LogP contribution is 2.19. The van der Waals surface area contributed by atoms with Crippen molar-refractivity contribution in [3.8, 4) is 0 Å². The Labute approximate surface area is 116 Å². The summed E-state index contributed by atoms with van der Waals surface area (Å²) < 4.78 is 0. The van der Waals surface area contributed by atoms with E-state index < -0.39 is 17.9 Å². The van der Waals surface area contributed by atoms with Gasteiger partial charge in [0.15, 0.2) is 0 Å². The van der Waals surface area contributed by atoms with Gasteiger partial charge in [-0.05, 0) is 30.5 Å². The second-order valence-corrected chi connectivity index (χ2v) is 5.18. The summed E-state index contributed by atoms with van der Waals surface area (Å²) in [5.74, 6) is -1.65. The molecule has 1 aromatic carbocycles. The van der Waals surface area contributed by atoms with Crippen LogP contribution in [0.2, 0.25) is 0 Å². The van der Waals surface area contributed by atoms with Crippen molar-refractivity contribution in [3.63, 3.8) is 0 Å². The highest BCUT2D eigenvalue weighted by molar-refractivity contribution is 6.06. The molecule has 1 unspecified atom stereocenters. The van der Waals surface area contributed by atoms with Crippen LogP contribution < -0.4 is 5.32 Å². The summed E-state index contributed by atoms with van der Waals surface area (Å²) in [6.07, 6.45) is 1.64. The van der Waals surface area contributed by atoms with E-state index in [-0.39, 0.29) is 5.92 Å². The van der Waals surface area contributed by atoms with Gasteiger partial charge < -0.3 is 10.4 Å². The molecule has 20 heavy (non-hydrogen) atoms. The molecule has 0 saturated heterocycles. The number of hydrogen-bond acceptors (Lipinski definition) is 3. The van der Waals surface area contributed by atoms with Crippen LogP contribution in [0, 0.1) is 12.8 Å². The summed E-state index contributed by atoms with van der Waals surface area (Å²) in [5.41, 5.74) is 1.94. The molecule has 1 atom stereocenters. The Kier molecular flexibility index (Phi) is 3.74. The van der Waals surface area contributed by atoms with E-state index in [1.165, 1.54) is 0 Å². The molecule has 1 aromatic heterocycles. The number of carboxylic acid groups (broad SMARTS) is 1. The van der Waals surface area contributed by atoms with Crippen molar-refractivity contribution in [1.82, 2.24) is 15.5 Å². The van der Waals surface area contributed by atoms with Crippen LogP contribution in [0.5, 0.6) is 0 Å². The number of aryl methyl sites for hydroxylation is 1. The largest absolute Gasteiger partial charge is 0.480 e. The summed E-state index contributed by atoms with van der Waals surface area (Å²) in [6.45, 7) is 5.38. The summed E-state index contributed by atoms with van der Waals surface area (Å²) in [5, 5.41) is 19.2. The van der Waals surface area contributed by atoms with Gasteiger partial charge in [-0.1, -0.05) is 13.8 Å². The van der Waals surface area contributed by atoms with Crippen molar-refractivity contribution in [2.75, 3.05) is 0 Å². The predicted octanol–water partition coefficient (Wildman–Crippen LogP) is 1.71. The number of amides is 1. The van der Waals surface area contributed by atoms with E-state index >= 15 is 0 Å². The molecule has 0 aliphatic carbocycles. The lowest BCUT2D eigenvalue weighted by Gasteiger charge is -2.18. The number of carboxylic acids is 1. The normalized spacial score (nSPS) is 12.6. The fourth-order valence-electron chi connectivity index (χ4n) is 2.12. The van der Waals surface area contributed by atoms with Gasteiger partial charge in [0, 0.05) is 5.39 Å². The predicted molar refractivity (Wildman–Crippen MR) is 74.6 cm³/mol. The minimum Gasteiger partial charge on any atom is -0.480 e. The zero-order valence-electron chi connectivity index (χ0n) is 11.6. The Hall–Kier alpha value is -2.37. The maximum atomic E-state index is 12.3. The summed E-state index contributed by atoms with van der Waals surface area (Å²) in [7, 11) is 0. The molecule has 6 heteroatoms. The molecular weight excluding hydrogens is 258 g/mol. The van der Waals surface area contributed by atoms with E-state index in [1.807, 2.05) is 13.0 Å². The molecule has 3 N–H and O–H groups in total. The summed E-state index contributed by atoms with van der Waals surface area (Å²) in [4.78, 5) is 23.5. The van der Waals surface area contributed by atoms with Gasteiger partial charge in [-0.2, -0.15) is 5.10 Å². The molecule has 0 spiro atoms. The molecule has 0 bridgehead atoms. The number of aromatic amines is 1. The van der Waals surface area contributed by atoms with E-state index in [9.17, 15) is 9.59 Å². The van der Waals surface area contributed by atoms with Gasteiger partial charge in [0.25, 0.3) is 5.91 Å². The zero-order valence-corrected chi connectivity index (χ0v) is 11.6. The van der Waals surface area contributed by atoms with Crippen LogP contribution >= 0.6 is 0 Å². The van der Waals surface area contributed by atoms with Crippen LogP contribution in [-0.4, -0.2) is 33.2 Å². The van der Waals surface area contributed by atoms with Gasteiger partial charge in [0.05, 0.1) is 17.3 Å². The lowest BCUT2D eigenvalue weighted by Crippen LogP contribution is -2.44. The van der Waals surface area contributed by atoms with E-state index in [4.69, 9.17) is 5.11 Å². The average Bonchev–Trinajstić information content (AvgIpc) is 2.81. The van der Waals surface area contributed by atoms with Crippen LogP contribution in [0.4, 0.5) is 0 Å².